The first-order valence-electron chi connectivity index (χ1n) is 5.67. The van der Waals surface area contributed by atoms with E-state index in [1.165, 1.54) is 24.4 Å². The molecule has 2 aromatic rings. The molecule has 0 saturated heterocycles. The number of pyridine rings is 1. The van der Waals surface area contributed by atoms with E-state index in [2.05, 4.69) is 9.72 Å². The van der Waals surface area contributed by atoms with Gasteiger partial charge in [-0.2, -0.15) is 13.2 Å². The summed E-state index contributed by atoms with van der Waals surface area (Å²) in [6, 6.07) is 5.05. The Balaban J connectivity index is 2.21. The van der Waals surface area contributed by atoms with Crippen molar-refractivity contribution in [3.8, 4) is 17.0 Å². The normalized spacial score (nSPS) is 11.5. The molecule has 0 unspecified atom stereocenters. The zero-order chi connectivity index (χ0) is 15.6. The highest BCUT2D eigenvalue weighted by Crippen LogP contribution is 2.31. The predicted molar refractivity (Wildman–Crippen MR) is 70.6 cm³/mol. The van der Waals surface area contributed by atoms with Crippen molar-refractivity contribution in [2.45, 2.75) is 6.18 Å². The molecule has 3 nitrogen and oxygen atoms in total. The Bertz CT molecular complexity index is 644. The van der Waals surface area contributed by atoms with E-state index in [0.717, 1.165) is 6.07 Å². The van der Waals surface area contributed by atoms with E-state index in [0.29, 0.717) is 11.1 Å². The number of nitrogens with zero attached hydrogens (tertiary/aromatic N) is 1. The molecule has 2 N–H and O–H groups in total. The predicted octanol–water partition coefficient (Wildman–Crippen LogP) is 4.06. The van der Waals surface area contributed by atoms with E-state index in [1.54, 1.807) is 0 Å². The smallest absolute Gasteiger partial charge is 0.422 e. The van der Waals surface area contributed by atoms with Crippen LogP contribution in [0.2, 0.25) is 5.02 Å². The van der Waals surface area contributed by atoms with Crippen LogP contribution < -0.4 is 10.5 Å². The van der Waals surface area contributed by atoms with Gasteiger partial charge in [0.15, 0.2) is 6.61 Å². The third-order valence-corrected chi connectivity index (χ3v) is 2.83. The molecule has 2 rings (SSSR count). The summed E-state index contributed by atoms with van der Waals surface area (Å²) in [7, 11) is 0. The molecule has 8 heteroatoms. The SMILES string of the molecule is Nc1cc(Cl)c(-c2ccc(OCC(F)(F)F)nc2)cc1F. The van der Waals surface area contributed by atoms with Crippen LogP contribution in [0.1, 0.15) is 0 Å². The molecule has 0 aliphatic heterocycles. The Kier molecular flexibility index (Phi) is 4.22. The third kappa shape index (κ3) is 3.98. The van der Waals surface area contributed by atoms with E-state index < -0.39 is 18.6 Å². The summed E-state index contributed by atoms with van der Waals surface area (Å²) >= 11 is 5.94. The van der Waals surface area contributed by atoms with Crippen molar-refractivity contribution in [3.63, 3.8) is 0 Å². The summed E-state index contributed by atoms with van der Waals surface area (Å²) in [4.78, 5) is 3.72. The van der Waals surface area contributed by atoms with Gasteiger partial charge in [0.2, 0.25) is 5.88 Å². The molecule has 0 fully saturated rings. The molecule has 0 aliphatic rings. The fourth-order valence-electron chi connectivity index (χ4n) is 1.56. The Morgan fingerprint density at radius 1 is 1.24 bits per heavy atom. The zero-order valence-corrected chi connectivity index (χ0v) is 11.2. The molecule has 1 aromatic carbocycles. The number of rotatable bonds is 3. The summed E-state index contributed by atoms with van der Waals surface area (Å²) < 4.78 is 53.9. The first-order chi connectivity index (χ1) is 9.76. The van der Waals surface area contributed by atoms with Gasteiger partial charge in [-0.15, -0.1) is 0 Å². The second-order valence-corrected chi connectivity index (χ2v) is 4.55. The maximum atomic E-state index is 13.4. The highest BCUT2D eigenvalue weighted by molar-refractivity contribution is 6.33. The highest BCUT2D eigenvalue weighted by atomic mass is 35.5. The molecule has 0 bridgehead atoms. The van der Waals surface area contributed by atoms with Crippen LogP contribution in [0.15, 0.2) is 30.5 Å². The van der Waals surface area contributed by atoms with Crippen LogP contribution in [0.5, 0.6) is 5.88 Å². The number of aromatic nitrogens is 1. The van der Waals surface area contributed by atoms with E-state index in [4.69, 9.17) is 17.3 Å². The minimum absolute atomic E-state index is 0.0955. The molecule has 0 atom stereocenters. The van der Waals surface area contributed by atoms with Crippen molar-refractivity contribution in [2.75, 3.05) is 12.3 Å². The first kappa shape index (κ1) is 15.4. The van der Waals surface area contributed by atoms with Crippen molar-refractivity contribution in [1.82, 2.24) is 4.98 Å². The molecule has 112 valence electrons. The molecule has 0 radical (unpaired) electrons. The van der Waals surface area contributed by atoms with Crippen LogP contribution in [-0.4, -0.2) is 17.8 Å². The van der Waals surface area contributed by atoms with Gasteiger partial charge < -0.3 is 10.5 Å². The summed E-state index contributed by atoms with van der Waals surface area (Å²) in [5.41, 5.74) is 6.04. The molecule has 0 spiro atoms. The fraction of sp³-hybridized carbons (Fsp3) is 0.154. The van der Waals surface area contributed by atoms with Gasteiger partial charge in [-0.05, 0) is 18.2 Å². The summed E-state index contributed by atoms with van der Waals surface area (Å²) in [5, 5.41) is 0.208. The fourth-order valence-corrected chi connectivity index (χ4v) is 1.85. The van der Waals surface area contributed by atoms with Crippen LogP contribution in [0.3, 0.4) is 0 Å². The number of benzene rings is 1. The number of halogens is 5. The van der Waals surface area contributed by atoms with Gasteiger partial charge in [0.25, 0.3) is 0 Å². The molecule has 0 saturated carbocycles. The maximum absolute atomic E-state index is 13.4. The number of ether oxygens (including phenoxy) is 1. The average Bonchev–Trinajstić information content (AvgIpc) is 2.40. The van der Waals surface area contributed by atoms with Gasteiger partial charge in [0.05, 0.1) is 10.7 Å². The number of nitrogens with two attached hydrogens (primary N) is 1. The summed E-state index contributed by atoms with van der Waals surface area (Å²) in [5.74, 6) is -0.838. The monoisotopic (exact) mass is 320 g/mol. The van der Waals surface area contributed by atoms with Crippen molar-refractivity contribution in [3.05, 3.63) is 41.3 Å². The van der Waals surface area contributed by atoms with E-state index in [9.17, 15) is 17.6 Å². The Morgan fingerprint density at radius 2 is 1.95 bits per heavy atom. The lowest BCUT2D eigenvalue weighted by molar-refractivity contribution is -0.154. The number of alkyl halides is 3. The lowest BCUT2D eigenvalue weighted by Gasteiger charge is -2.10. The molecule has 0 aliphatic carbocycles. The Hall–Kier alpha value is -2.02. The van der Waals surface area contributed by atoms with Crippen molar-refractivity contribution in [2.24, 2.45) is 0 Å². The average molecular weight is 321 g/mol. The van der Waals surface area contributed by atoms with Crippen molar-refractivity contribution >= 4 is 17.3 Å². The minimum atomic E-state index is -4.44. The van der Waals surface area contributed by atoms with Gasteiger partial charge in [-0.3, -0.25) is 0 Å². The Labute approximate surface area is 122 Å². The van der Waals surface area contributed by atoms with Gasteiger partial charge >= 0.3 is 6.18 Å². The first-order valence-corrected chi connectivity index (χ1v) is 6.04. The van der Waals surface area contributed by atoms with Crippen LogP contribution >= 0.6 is 11.6 Å². The summed E-state index contributed by atoms with van der Waals surface area (Å²) in [6.07, 6.45) is -3.20. The molecule has 1 heterocycles. The van der Waals surface area contributed by atoms with E-state index in [1.807, 2.05) is 0 Å². The van der Waals surface area contributed by atoms with Crippen molar-refractivity contribution < 1.29 is 22.3 Å². The standard InChI is InChI=1S/C13H9ClF4N2O/c14-9-4-11(19)10(15)3-8(9)7-1-2-12(20-5-7)21-6-13(16,17)18/h1-5H,6,19H2. The summed E-state index contributed by atoms with van der Waals surface area (Å²) in [6.45, 7) is -1.43. The van der Waals surface area contributed by atoms with Gasteiger partial charge in [0, 0.05) is 23.4 Å². The highest BCUT2D eigenvalue weighted by Gasteiger charge is 2.28. The van der Waals surface area contributed by atoms with Crippen LogP contribution in [0.4, 0.5) is 23.2 Å². The quantitative estimate of drug-likeness (QED) is 0.685. The largest absolute Gasteiger partial charge is 0.468 e. The second-order valence-electron chi connectivity index (χ2n) is 4.14. The molecular formula is C13H9ClF4N2O. The lowest BCUT2D eigenvalue weighted by atomic mass is 10.1. The third-order valence-electron chi connectivity index (χ3n) is 2.52. The van der Waals surface area contributed by atoms with E-state index >= 15 is 0 Å². The van der Waals surface area contributed by atoms with E-state index in [-0.39, 0.29) is 16.6 Å². The number of hydrogen-bond donors (Lipinski definition) is 1. The topological polar surface area (TPSA) is 48.1 Å². The van der Waals surface area contributed by atoms with Gasteiger partial charge in [-0.25, -0.2) is 9.37 Å². The van der Waals surface area contributed by atoms with Gasteiger partial charge in [0.1, 0.15) is 5.82 Å². The molecule has 21 heavy (non-hydrogen) atoms. The van der Waals surface area contributed by atoms with Gasteiger partial charge in [-0.1, -0.05) is 11.6 Å². The lowest BCUT2D eigenvalue weighted by Crippen LogP contribution is -2.19. The van der Waals surface area contributed by atoms with Crippen LogP contribution in [0.25, 0.3) is 11.1 Å². The zero-order valence-electron chi connectivity index (χ0n) is 10.4. The number of anilines is 1. The molecule has 1 aromatic heterocycles. The number of hydrogen-bond acceptors (Lipinski definition) is 3. The second kappa shape index (κ2) is 5.77. The van der Waals surface area contributed by atoms with Crippen LogP contribution in [0, 0.1) is 5.82 Å². The molecule has 0 amide bonds. The minimum Gasteiger partial charge on any atom is -0.468 e. The molecular weight excluding hydrogens is 312 g/mol. The number of nitrogen functional groups attached to an aromatic ring is 1. The van der Waals surface area contributed by atoms with Crippen molar-refractivity contribution in [1.29, 1.82) is 0 Å². The Morgan fingerprint density at radius 3 is 2.52 bits per heavy atom. The maximum Gasteiger partial charge on any atom is 0.422 e. The van der Waals surface area contributed by atoms with Crippen LogP contribution in [-0.2, 0) is 0 Å².